The Hall–Kier alpha value is -0.170. The summed E-state index contributed by atoms with van der Waals surface area (Å²) in [6.45, 7) is 8.46. The summed E-state index contributed by atoms with van der Waals surface area (Å²) in [4.78, 5) is 2.32. The molecule has 2 aliphatic rings. The molecule has 0 N–H and O–H groups in total. The summed E-state index contributed by atoms with van der Waals surface area (Å²) in [7, 11) is 0.592. The Morgan fingerprint density at radius 3 is 2.14 bits per heavy atom. The average molecular weight is 317 g/mol. The van der Waals surface area contributed by atoms with E-state index in [9.17, 15) is 8.42 Å². The minimum atomic E-state index is -3.29. The van der Waals surface area contributed by atoms with Gasteiger partial charge >= 0.3 is 0 Å². The molecule has 0 bridgehead atoms. The van der Waals surface area contributed by atoms with Gasteiger partial charge in [-0.25, -0.2) is 0 Å². The lowest BCUT2D eigenvalue weighted by atomic mass is 9.94. The van der Waals surface area contributed by atoms with Crippen LogP contribution in [0.3, 0.4) is 0 Å². The zero-order valence-corrected chi connectivity index (χ0v) is 14.8. The third kappa shape index (κ3) is 4.41. The highest BCUT2D eigenvalue weighted by Crippen LogP contribution is 2.25. The Kier molecular flexibility index (Phi) is 5.68. The molecule has 0 aromatic carbocycles. The highest BCUT2D eigenvalue weighted by Gasteiger charge is 2.34. The number of hydrogen-bond donors (Lipinski definition) is 0. The molecule has 6 heteroatoms. The third-order valence-electron chi connectivity index (χ3n) is 4.91. The molecule has 0 saturated carbocycles. The summed E-state index contributed by atoms with van der Waals surface area (Å²) in [5, 5.41) is 0. The minimum absolute atomic E-state index is 0.459. The molecule has 2 fully saturated rings. The molecule has 2 rings (SSSR count). The Bertz CT molecular complexity index is 422. The van der Waals surface area contributed by atoms with Gasteiger partial charge in [0.15, 0.2) is 0 Å². The molecule has 21 heavy (non-hydrogen) atoms. The number of likely N-dealkylation sites (tertiary alicyclic amines) is 1. The van der Waals surface area contributed by atoms with Gasteiger partial charge in [-0.3, -0.25) is 0 Å². The average Bonchev–Trinajstić information content (AvgIpc) is 2.40. The monoisotopic (exact) mass is 317 g/mol. The largest absolute Gasteiger partial charge is 0.306 e. The number of nitrogens with zero attached hydrogens (tertiary/aromatic N) is 3. The van der Waals surface area contributed by atoms with Crippen molar-refractivity contribution in [3.63, 3.8) is 0 Å². The normalized spacial score (nSPS) is 30.9. The lowest BCUT2D eigenvalue weighted by molar-refractivity contribution is 0.187. The fourth-order valence-electron chi connectivity index (χ4n) is 3.69. The van der Waals surface area contributed by atoms with E-state index in [2.05, 4.69) is 25.8 Å². The summed E-state index contributed by atoms with van der Waals surface area (Å²) in [5.74, 6) is 1.42. The van der Waals surface area contributed by atoms with E-state index in [4.69, 9.17) is 0 Å². The molecule has 5 nitrogen and oxygen atoms in total. The lowest BCUT2D eigenvalue weighted by Crippen LogP contribution is -2.49. The fraction of sp³-hybridized carbons (Fsp3) is 1.00. The standard InChI is InChI=1S/C15H31N3O2S/c1-13-9-14(2)11-18(10-13)21(19,20)17(4)12-15-5-7-16(3)8-6-15/h13-15H,5-12H2,1-4H3/t13-,14+. The zero-order chi connectivity index (χ0) is 15.6. The zero-order valence-electron chi connectivity index (χ0n) is 14.0. The topological polar surface area (TPSA) is 43.9 Å². The Morgan fingerprint density at radius 2 is 1.62 bits per heavy atom. The lowest BCUT2D eigenvalue weighted by Gasteiger charge is -2.37. The quantitative estimate of drug-likeness (QED) is 0.789. The van der Waals surface area contributed by atoms with Crippen LogP contribution in [0.2, 0.25) is 0 Å². The van der Waals surface area contributed by atoms with Crippen LogP contribution in [0.25, 0.3) is 0 Å². The van der Waals surface area contributed by atoms with Crippen LogP contribution in [0, 0.1) is 17.8 Å². The highest BCUT2D eigenvalue weighted by molar-refractivity contribution is 7.86. The van der Waals surface area contributed by atoms with Gasteiger partial charge in [0.2, 0.25) is 0 Å². The third-order valence-corrected chi connectivity index (χ3v) is 6.80. The van der Waals surface area contributed by atoms with E-state index in [1.165, 1.54) is 0 Å². The smallest absolute Gasteiger partial charge is 0.281 e. The van der Waals surface area contributed by atoms with Crippen LogP contribution in [-0.4, -0.2) is 68.7 Å². The van der Waals surface area contributed by atoms with Crippen molar-refractivity contribution < 1.29 is 8.42 Å². The SMILES string of the molecule is C[C@@H]1C[C@H](C)CN(S(=O)(=O)N(C)CC2CCN(C)CC2)C1. The molecule has 0 spiro atoms. The Morgan fingerprint density at radius 1 is 1.10 bits per heavy atom. The van der Waals surface area contributed by atoms with Gasteiger partial charge in [-0.15, -0.1) is 0 Å². The Balaban J connectivity index is 1.95. The van der Waals surface area contributed by atoms with Crippen molar-refractivity contribution in [3.05, 3.63) is 0 Å². The van der Waals surface area contributed by atoms with Crippen molar-refractivity contribution >= 4 is 10.2 Å². The number of rotatable bonds is 4. The van der Waals surface area contributed by atoms with Gasteiger partial charge in [-0.05, 0) is 57.2 Å². The molecular formula is C15H31N3O2S. The summed E-state index contributed by atoms with van der Waals surface area (Å²) in [6.07, 6.45) is 3.33. The van der Waals surface area contributed by atoms with Crippen molar-refractivity contribution in [2.45, 2.75) is 33.1 Å². The first-order valence-corrected chi connectivity index (χ1v) is 9.58. The van der Waals surface area contributed by atoms with Crippen molar-refractivity contribution in [2.75, 3.05) is 46.8 Å². The maximum absolute atomic E-state index is 12.8. The predicted octanol–water partition coefficient (Wildman–Crippen LogP) is 1.48. The van der Waals surface area contributed by atoms with E-state index in [1.807, 2.05) is 0 Å². The van der Waals surface area contributed by atoms with Crippen molar-refractivity contribution in [1.29, 1.82) is 0 Å². The van der Waals surface area contributed by atoms with Gasteiger partial charge in [-0.2, -0.15) is 17.0 Å². The maximum Gasteiger partial charge on any atom is 0.281 e. The van der Waals surface area contributed by atoms with Crippen molar-refractivity contribution in [1.82, 2.24) is 13.5 Å². The van der Waals surface area contributed by atoms with Gasteiger partial charge in [0.1, 0.15) is 0 Å². The molecule has 124 valence electrons. The molecule has 0 aliphatic carbocycles. The second-order valence-corrected chi connectivity index (χ2v) is 9.33. The second kappa shape index (κ2) is 6.94. The van der Waals surface area contributed by atoms with Crippen LogP contribution in [-0.2, 0) is 10.2 Å². The molecule has 0 amide bonds. The van der Waals surface area contributed by atoms with Crippen LogP contribution in [0.15, 0.2) is 0 Å². The summed E-state index contributed by atoms with van der Waals surface area (Å²) in [6, 6.07) is 0. The fourth-order valence-corrected chi connectivity index (χ4v) is 5.37. The van der Waals surface area contributed by atoms with Crippen LogP contribution in [0.5, 0.6) is 0 Å². The predicted molar refractivity (Wildman–Crippen MR) is 86.3 cm³/mol. The van der Waals surface area contributed by atoms with E-state index >= 15 is 0 Å². The molecule has 0 aromatic heterocycles. The number of piperidine rings is 2. The van der Waals surface area contributed by atoms with Gasteiger partial charge in [0, 0.05) is 26.7 Å². The molecule has 0 aromatic rings. The molecule has 0 unspecified atom stereocenters. The van der Waals surface area contributed by atoms with Crippen molar-refractivity contribution in [3.8, 4) is 0 Å². The molecular weight excluding hydrogens is 286 g/mol. The first-order chi connectivity index (χ1) is 9.79. The molecule has 0 radical (unpaired) electrons. The second-order valence-electron chi connectivity index (χ2n) is 7.30. The van der Waals surface area contributed by atoms with Crippen LogP contribution in [0.1, 0.15) is 33.1 Å². The van der Waals surface area contributed by atoms with Crippen LogP contribution in [0.4, 0.5) is 0 Å². The molecule has 2 atom stereocenters. The van der Waals surface area contributed by atoms with Gasteiger partial charge < -0.3 is 4.90 Å². The van der Waals surface area contributed by atoms with E-state index in [-0.39, 0.29) is 0 Å². The maximum atomic E-state index is 12.8. The van der Waals surface area contributed by atoms with Crippen molar-refractivity contribution in [2.24, 2.45) is 17.8 Å². The van der Waals surface area contributed by atoms with E-state index in [1.54, 1.807) is 15.7 Å². The van der Waals surface area contributed by atoms with E-state index < -0.39 is 10.2 Å². The minimum Gasteiger partial charge on any atom is -0.306 e. The highest BCUT2D eigenvalue weighted by atomic mass is 32.2. The summed E-state index contributed by atoms with van der Waals surface area (Å²) in [5.41, 5.74) is 0. The number of hydrogen-bond acceptors (Lipinski definition) is 3. The first-order valence-electron chi connectivity index (χ1n) is 8.19. The van der Waals surface area contributed by atoms with Gasteiger partial charge in [-0.1, -0.05) is 13.8 Å². The van der Waals surface area contributed by atoms with Gasteiger partial charge in [0.05, 0.1) is 0 Å². The molecule has 2 aliphatic heterocycles. The van der Waals surface area contributed by atoms with Crippen LogP contribution >= 0.6 is 0 Å². The van der Waals surface area contributed by atoms with E-state index in [0.29, 0.717) is 37.4 Å². The van der Waals surface area contributed by atoms with Crippen LogP contribution < -0.4 is 0 Å². The molecule has 2 heterocycles. The first kappa shape index (κ1) is 17.2. The summed E-state index contributed by atoms with van der Waals surface area (Å²) < 4.78 is 28.8. The van der Waals surface area contributed by atoms with Gasteiger partial charge in [0.25, 0.3) is 10.2 Å². The van der Waals surface area contributed by atoms with E-state index in [0.717, 1.165) is 32.4 Å². The molecule has 2 saturated heterocycles. The Labute approximate surface area is 130 Å². The summed E-state index contributed by atoms with van der Waals surface area (Å²) >= 11 is 0.